The third-order valence-corrected chi connectivity index (χ3v) is 3.32. The number of anilines is 1. The van der Waals surface area contributed by atoms with E-state index in [2.05, 4.69) is 20.7 Å². The van der Waals surface area contributed by atoms with E-state index >= 15 is 0 Å². The predicted molar refractivity (Wildman–Crippen MR) is 93.7 cm³/mol. The highest BCUT2D eigenvalue weighted by atomic mass is 16.5. The minimum absolute atomic E-state index is 0.630. The van der Waals surface area contributed by atoms with E-state index in [9.17, 15) is 0 Å². The average Bonchev–Trinajstić information content (AvgIpc) is 2.62. The van der Waals surface area contributed by atoms with Crippen molar-refractivity contribution in [2.75, 3.05) is 12.5 Å². The summed E-state index contributed by atoms with van der Waals surface area (Å²) in [5.41, 5.74) is 3.91. The third-order valence-electron chi connectivity index (χ3n) is 3.32. The summed E-state index contributed by atoms with van der Waals surface area (Å²) in [5, 5.41) is 14.2. The number of fused-ring (bicyclic) bond motifs is 1. The number of nitrogens with zero attached hydrogens (tertiary/aromatic N) is 3. The van der Waals surface area contributed by atoms with E-state index in [1.165, 1.54) is 0 Å². The van der Waals surface area contributed by atoms with Gasteiger partial charge in [-0.1, -0.05) is 42.5 Å². The summed E-state index contributed by atoms with van der Waals surface area (Å²) in [4.78, 5) is 0. The molecule has 0 unspecified atom stereocenters. The Balaban J connectivity index is 1.70. The van der Waals surface area contributed by atoms with E-state index in [1.807, 2.05) is 60.7 Å². The van der Waals surface area contributed by atoms with Gasteiger partial charge in [-0.3, -0.25) is 5.43 Å². The van der Waals surface area contributed by atoms with Crippen LogP contribution in [0.15, 0.2) is 65.9 Å². The lowest BCUT2D eigenvalue weighted by Crippen LogP contribution is -1.95. The maximum Gasteiger partial charge on any atom is 0.176 e. The van der Waals surface area contributed by atoms with Crippen LogP contribution in [0, 0.1) is 0 Å². The van der Waals surface area contributed by atoms with Gasteiger partial charge in [-0.05, 0) is 18.2 Å². The molecule has 1 heterocycles. The van der Waals surface area contributed by atoms with Gasteiger partial charge in [0.15, 0.2) is 5.82 Å². The summed E-state index contributed by atoms with van der Waals surface area (Å²) in [6.07, 6.45) is 7.16. The average molecular weight is 304 g/mol. The molecule has 3 rings (SSSR count). The zero-order chi connectivity index (χ0) is 15.9. The minimum atomic E-state index is 0.630. The van der Waals surface area contributed by atoms with E-state index < -0.39 is 0 Å². The number of rotatable bonds is 5. The standard InChI is InChI=1S/C18H16N4O/c1-23-17-11-5-3-7-14(17)9-6-12-19-21-18-16-10-4-2-8-15(16)13-20-22-18/h2-13H,1H3,(H,21,22)/b9-6+,19-12+. The van der Waals surface area contributed by atoms with Crippen molar-refractivity contribution in [3.8, 4) is 5.75 Å². The van der Waals surface area contributed by atoms with Crippen molar-refractivity contribution < 1.29 is 4.74 Å². The van der Waals surface area contributed by atoms with Gasteiger partial charge < -0.3 is 4.74 Å². The first-order valence-corrected chi connectivity index (χ1v) is 7.17. The van der Waals surface area contributed by atoms with Crippen molar-refractivity contribution in [1.82, 2.24) is 10.2 Å². The van der Waals surface area contributed by atoms with Crippen molar-refractivity contribution >= 4 is 28.9 Å². The number of allylic oxidation sites excluding steroid dienone is 1. The number of aromatic nitrogens is 2. The monoisotopic (exact) mass is 304 g/mol. The molecule has 0 bridgehead atoms. The summed E-state index contributed by atoms with van der Waals surface area (Å²) in [5.74, 6) is 1.45. The fourth-order valence-corrected chi connectivity index (χ4v) is 2.20. The number of benzene rings is 2. The van der Waals surface area contributed by atoms with Crippen molar-refractivity contribution in [2.24, 2.45) is 5.10 Å². The van der Waals surface area contributed by atoms with Crippen molar-refractivity contribution in [3.63, 3.8) is 0 Å². The molecule has 1 N–H and O–H groups in total. The zero-order valence-corrected chi connectivity index (χ0v) is 12.7. The van der Waals surface area contributed by atoms with Crippen LogP contribution >= 0.6 is 0 Å². The number of hydrazone groups is 1. The molecule has 0 fully saturated rings. The predicted octanol–water partition coefficient (Wildman–Crippen LogP) is 3.75. The number of ether oxygens (including phenoxy) is 1. The smallest absolute Gasteiger partial charge is 0.176 e. The van der Waals surface area contributed by atoms with E-state index in [-0.39, 0.29) is 0 Å². The van der Waals surface area contributed by atoms with Crippen LogP contribution in [0.3, 0.4) is 0 Å². The topological polar surface area (TPSA) is 59.4 Å². The van der Waals surface area contributed by atoms with Crippen molar-refractivity contribution in [2.45, 2.75) is 0 Å². The largest absolute Gasteiger partial charge is 0.496 e. The number of methoxy groups -OCH3 is 1. The lowest BCUT2D eigenvalue weighted by Gasteiger charge is -2.03. The Morgan fingerprint density at radius 3 is 2.83 bits per heavy atom. The summed E-state index contributed by atoms with van der Waals surface area (Å²) >= 11 is 0. The van der Waals surface area contributed by atoms with Crippen LogP contribution < -0.4 is 10.2 Å². The molecule has 0 saturated carbocycles. The molecule has 5 heteroatoms. The van der Waals surface area contributed by atoms with Gasteiger partial charge in [-0.15, -0.1) is 5.10 Å². The molecule has 23 heavy (non-hydrogen) atoms. The van der Waals surface area contributed by atoms with Crippen molar-refractivity contribution in [1.29, 1.82) is 0 Å². The van der Waals surface area contributed by atoms with Crippen LogP contribution in [-0.4, -0.2) is 23.5 Å². The summed E-state index contributed by atoms with van der Waals surface area (Å²) in [6, 6.07) is 15.7. The minimum Gasteiger partial charge on any atom is -0.496 e. The fourth-order valence-electron chi connectivity index (χ4n) is 2.20. The highest BCUT2D eigenvalue weighted by Crippen LogP contribution is 2.19. The van der Waals surface area contributed by atoms with Crippen LogP contribution in [0.25, 0.3) is 16.8 Å². The maximum atomic E-state index is 5.29. The first-order valence-electron chi connectivity index (χ1n) is 7.17. The van der Waals surface area contributed by atoms with Gasteiger partial charge in [-0.2, -0.15) is 10.2 Å². The molecule has 2 aromatic carbocycles. The summed E-state index contributed by atoms with van der Waals surface area (Å²) in [7, 11) is 1.65. The quantitative estimate of drug-likeness (QED) is 0.576. The Kier molecular flexibility index (Phi) is 4.59. The maximum absolute atomic E-state index is 5.29. The Morgan fingerprint density at radius 2 is 1.91 bits per heavy atom. The van der Waals surface area contributed by atoms with Crippen LogP contribution in [-0.2, 0) is 0 Å². The Labute approximate surface area is 134 Å². The second-order valence-electron chi connectivity index (χ2n) is 4.77. The molecule has 0 amide bonds. The molecule has 0 saturated heterocycles. The zero-order valence-electron chi connectivity index (χ0n) is 12.7. The molecule has 1 aromatic heterocycles. The van der Waals surface area contributed by atoms with Crippen LogP contribution in [0.4, 0.5) is 5.82 Å². The van der Waals surface area contributed by atoms with Gasteiger partial charge in [0.1, 0.15) is 5.75 Å². The third kappa shape index (κ3) is 3.52. The normalized spacial score (nSPS) is 11.3. The molecule has 0 atom stereocenters. The van der Waals surface area contributed by atoms with Crippen LogP contribution in [0.1, 0.15) is 5.56 Å². The van der Waals surface area contributed by atoms with E-state index in [0.29, 0.717) is 5.82 Å². The first kappa shape index (κ1) is 14.7. The van der Waals surface area contributed by atoms with E-state index in [0.717, 1.165) is 22.1 Å². The summed E-state index contributed by atoms with van der Waals surface area (Å²) in [6.45, 7) is 0. The van der Waals surface area contributed by atoms with Crippen molar-refractivity contribution in [3.05, 3.63) is 66.4 Å². The molecule has 114 valence electrons. The molecule has 0 aliphatic carbocycles. The van der Waals surface area contributed by atoms with E-state index in [1.54, 1.807) is 19.5 Å². The molecule has 3 aromatic rings. The van der Waals surface area contributed by atoms with E-state index in [4.69, 9.17) is 4.74 Å². The SMILES string of the molecule is COc1ccccc1/C=C/C=N/Nc1nncc2ccccc12. The van der Waals surface area contributed by atoms with Gasteiger partial charge >= 0.3 is 0 Å². The van der Waals surface area contributed by atoms with Gasteiger partial charge in [0.25, 0.3) is 0 Å². The molecule has 0 aliphatic heterocycles. The van der Waals surface area contributed by atoms with Gasteiger partial charge in [-0.25, -0.2) is 0 Å². The van der Waals surface area contributed by atoms with Gasteiger partial charge in [0, 0.05) is 22.6 Å². The van der Waals surface area contributed by atoms with Crippen LogP contribution in [0.5, 0.6) is 5.75 Å². The Bertz CT molecular complexity index is 853. The fraction of sp³-hybridized carbons (Fsp3) is 0.0556. The highest BCUT2D eigenvalue weighted by Gasteiger charge is 2.00. The molecular formula is C18H16N4O. The molecule has 0 radical (unpaired) electrons. The first-order chi connectivity index (χ1) is 11.4. The second kappa shape index (κ2) is 7.17. The number of nitrogens with one attached hydrogen (secondary N) is 1. The molecule has 5 nitrogen and oxygen atoms in total. The number of hydrogen-bond acceptors (Lipinski definition) is 5. The van der Waals surface area contributed by atoms with Gasteiger partial charge in [0.05, 0.1) is 13.3 Å². The Morgan fingerprint density at radius 1 is 1.09 bits per heavy atom. The summed E-state index contributed by atoms with van der Waals surface area (Å²) < 4.78 is 5.29. The molecular weight excluding hydrogens is 288 g/mol. The highest BCUT2D eigenvalue weighted by molar-refractivity contribution is 5.91. The lowest BCUT2D eigenvalue weighted by atomic mass is 10.2. The van der Waals surface area contributed by atoms with Gasteiger partial charge in [0.2, 0.25) is 0 Å². The van der Waals surface area contributed by atoms with Crippen LogP contribution in [0.2, 0.25) is 0 Å². The number of hydrogen-bond donors (Lipinski definition) is 1. The number of para-hydroxylation sites is 1. The Hall–Kier alpha value is -3.21. The second-order valence-corrected chi connectivity index (χ2v) is 4.77. The molecule has 0 aliphatic rings. The lowest BCUT2D eigenvalue weighted by molar-refractivity contribution is 0.414. The molecule has 0 spiro atoms.